The summed E-state index contributed by atoms with van der Waals surface area (Å²) >= 11 is 0. The molecule has 4 atom stereocenters. The van der Waals surface area contributed by atoms with Crippen molar-refractivity contribution in [1.82, 2.24) is 4.90 Å². The predicted molar refractivity (Wildman–Crippen MR) is 52.0 cm³/mol. The van der Waals surface area contributed by atoms with Crippen LogP contribution in [0.4, 0.5) is 0 Å². The van der Waals surface area contributed by atoms with Gasteiger partial charge in [0.25, 0.3) is 0 Å². The van der Waals surface area contributed by atoms with Crippen molar-refractivity contribution in [2.75, 3.05) is 26.3 Å². The van der Waals surface area contributed by atoms with Gasteiger partial charge in [-0.3, -0.25) is 4.90 Å². The maximum Gasteiger partial charge on any atom is 0.0950 e. The highest BCUT2D eigenvalue weighted by Gasteiger charge is 2.36. The second-order valence-electron chi connectivity index (χ2n) is 4.46. The fraction of sp³-hybridized carbons (Fsp3) is 1.00. The largest absolute Gasteiger partial charge is 0.393 e. The van der Waals surface area contributed by atoms with Gasteiger partial charge in [0, 0.05) is 6.54 Å². The Hall–Kier alpha value is -0.160. The maximum atomic E-state index is 9.65. The molecule has 2 saturated heterocycles. The van der Waals surface area contributed by atoms with Crippen molar-refractivity contribution in [2.45, 2.75) is 31.6 Å². The fourth-order valence-corrected chi connectivity index (χ4v) is 2.39. The molecule has 2 rings (SSSR count). The summed E-state index contributed by atoms with van der Waals surface area (Å²) in [6.07, 6.45) is 0.447. The molecule has 0 aromatic heterocycles. The number of hydrogen-bond donors (Lipinski definition) is 2. The predicted octanol–water partition coefficient (Wildman–Crippen LogP) is -0.551. The zero-order chi connectivity index (χ0) is 10.1. The second-order valence-corrected chi connectivity index (χ2v) is 4.46. The average Bonchev–Trinajstić information content (AvgIpc) is 2.71. The van der Waals surface area contributed by atoms with Crippen molar-refractivity contribution in [3.8, 4) is 0 Å². The molecule has 0 saturated carbocycles. The van der Waals surface area contributed by atoms with Crippen molar-refractivity contribution in [1.29, 1.82) is 0 Å². The molecule has 0 radical (unpaired) electrons. The van der Waals surface area contributed by atoms with Gasteiger partial charge in [0.2, 0.25) is 0 Å². The number of ether oxygens (including phenoxy) is 1. The molecule has 0 aromatic rings. The second kappa shape index (κ2) is 4.14. The number of likely N-dealkylation sites (tertiary alicyclic amines) is 1. The quantitative estimate of drug-likeness (QED) is 0.629. The van der Waals surface area contributed by atoms with Crippen molar-refractivity contribution in [3.05, 3.63) is 0 Å². The lowest BCUT2D eigenvalue weighted by molar-refractivity contribution is 0.0821. The van der Waals surface area contributed by atoms with E-state index in [1.807, 2.05) is 6.92 Å². The van der Waals surface area contributed by atoms with Crippen LogP contribution in [-0.2, 0) is 4.74 Å². The van der Waals surface area contributed by atoms with E-state index in [1.165, 1.54) is 0 Å². The molecular formula is C10H19NO3. The molecule has 2 aliphatic heterocycles. The molecule has 2 heterocycles. The SMILES string of the molecule is CC(O)C1CCN(C2COCC2O)C1. The zero-order valence-electron chi connectivity index (χ0n) is 8.59. The molecule has 0 aliphatic carbocycles. The standard InChI is InChI=1S/C10H19NO3/c1-7(12)8-2-3-11(4-8)9-5-14-6-10(9)13/h7-10,12-13H,2-6H2,1H3. The van der Waals surface area contributed by atoms with Gasteiger partial charge in [0.1, 0.15) is 0 Å². The van der Waals surface area contributed by atoms with Crippen molar-refractivity contribution >= 4 is 0 Å². The number of aliphatic hydroxyl groups excluding tert-OH is 2. The Morgan fingerprint density at radius 2 is 2.21 bits per heavy atom. The van der Waals surface area contributed by atoms with E-state index in [0.717, 1.165) is 19.5 Å². The summed E-state index contributed by atoms with van der Waals surface area (Å²) < 4.78 is 5.22. The molecule has 2 aliphatic rings. The van der Waals surface area contributed by atoms with Crippen LogP contribution in [0.1, 0.15) is 13.3 Å². The third kappa shape index (κ3) is 1.93. The molecule has 4 nitrogen and oxygen atoms in total. The van der Waals surface area contributed by atoms with Gasteiger partial charge in [0.05, 0.1) is 31.5 Å². The van der Waals surface area contributed by atoms with Gasteiger partial charge in [-0.25, -0.2) is 0 Å². The topological polar surface area (TPSA) is 52.9 Å². The normalized spacial score (nSPS) is 41.8. The van der Waals surface area contributed by atoms with Crippen molar-refractivity contribution in [3.63, 3.8) is 0 Å². The monoisotopic (exact) mass is 201 g/mol. The lowest BCUT2D eigenvalue weighted by Gasteiger charge is -2.25. The average molecular weight is 201 g/mol. The summed E-state index contributed by atoms with van der Waals surface area (Å²) in [6.45, 7) is 4.80. The molecule has 4 unspecified atom stereocenters. The van der Waals surface area contributed by atoms with Gasteiger partial charge < -0.3 is 14.9 Å². The molecule has 0 amide bonds. The van der Waals surface area contributed by atoms with E-state index in [1.54, 1.807) is 0 Å². The van der Waals surface area contributed by atoms with Crippen LogP contribution in [-0.4, -0.2) is 59.7 Å². The van der Waals surface area contributed by atoms with Crippen LogP contribution in [0.25, 0.3) is 0 Å². The molecule has 0 spiro atoms. The lowest BCUT2D eigenvalue weighted by Crippen LogP contribution is -2.42. The Balaban J connectivity index is 1.88. The van der Waals surface area contributed by atoms with E-state index in [0.29, 0.717) is 19.1 Å². The first-order chi connectivity index (χ1) is 6.68. The number of hydrogen-bond acceptors (Lipinski definition) is 4. The Kier molecular flexibility index (Phi) is 3.07. The lowest BCUT2D eigenvalue weighted by atomic mass is 10.0. The zero-order valence-corrected chi connectivity index (χ0v) is 8.59. The third-order valence-electron chi connectivity index (χ3n) is 3.43. The van der Waals surface area contributed by atoms with Crippen LogP contribution >= 0.6 is 0 Å². The van der Waals surface area contributed by atoms with Crippen molar-refractivity contribution in [2.24, 2.45) is 5.92 Å². The van der Waals surface area contributed by atoms with Gasteiger partial charge in [-0.2, -0.15) is 0 Å². The smallest absolute Gasteiger partial charge is 0.0950 e. The summed E-state index contributed by atoms with van der Waals surface area (Å²) in [5, 5.41) is 19.1. The summed E-state index contributed by atoms with van der Waals surface area (Å²) in [5.41, 5.74) is 0. The Morgan fingerprint density at radius 3 is 2.71 bits per heavy atom. The van der Waals surface area contributed by atoms with Crippen LogP contribution in [0.5, 0.6) is 0 Å². The minimum atomic E-state index is -0.345. The van der Waals surface area contributed by atoms with Gasteiger partial charge in [-0.05, 0) is 25.8 Å². The van der Waals surface area contributed by atoms with Crippen LogP contribution in [0.15, 0.2) is 0 Å². The van der Waals surface area contributed by atoms with E-state index in [2.05, 4.69) is 4.90 Å². The summed E-state index contributed by atoms with van der Waals surface area (Å²) in [6, 6.07) is 0.152. The van der Waals surface area contributed by atoms with Crippen molar-refractivity contribution < 1.29 is 14.9 Å². The number of nitrogens with zero attached hydrogens (tertiary/aromatic N) is 1. The first-order valence-corrected chi connectivity index (χ1v) is 5.36. The minimum Gasteiger partial charge on any atom is -0.393 e. The van der Waals surface area contributed by atoms with E-state index in [-0.39, 0.29) is 18.2 Å². The summed E-state index contributed by atoms with van der Waals surface area (Å²) in [5.74, 6) is 0.364. The summed E-state index contributed by atoms with van der Waals surface area (Å²) in [4.78, 5) is 2.25. The Bertz CT molecular complexity index is 198. The third-order valence-corrected chi connectivity index (χ3v) is 3.43. The van der Waals surface area contributed by atoms with E-state index < -0.39 is 0 Å². The van der Waals surface area contributed by atoms with Gasteiger partial charge in [-0.15, -0.1) is 0 Å². The molecule has 0 bridgehead atoms. The van der Waals surface area contributed by atoms with Crippen LogP contribution in [0.3, 0.4) is 0 Å². The first kappa shape index (κ1) is 10.4. The van der Waals surface area contributed by atoms with Gasteiger partial charge in [0.15, 0.2) is 0 Å². The van der Waals surface area contributed by atoms with E-state index in [4.69, 9.17) is 4.74 Å². The highest BCUT2D eigenvalue weighted by Crippen LogP contribution is 2.24. The van der Waals surface area contributed by atoms with Gasteiger partial charge >= 0.3 is 0 Å². The fourth-order valence-electron chi connectivity index (χ4n) is 2.39. The Labute approximate surface area is 84.5 Å². The highest BCUT2D eigenvalue weighted by molar-refractivity contribution is 4.89. The number of rotatable bonds is 2. The maximum absolute atomic E-state index is 9.65. The molecular weight excluding hydrogens is 182 g/mol. The van der Waals surface area contributed by atoms with Crippen LogP contribution < -0.4 is 0 Å². The van der Waals surface area contributed by atoms with E-state index >= 15 is 0 Å². The highest BCUT2D eigenvalue weighted by atomic mass is 16.5. The molecule has 4 heteroatoms. The van der Waals surface area contributed by atoms with Crippen LogP contribution in [0.2, 0.25) is 0 Å². The molecule has 82 valence electrons. The first-order valence-electron chi connectivity index (χ1n) is 5.36. The van der Waals surface area contributed by atoms with Crippen LogP contribution in [0, 0.1) is 5.92 Å². The molecule has 14 heavy (non-hydrogen) atoms. The minimum absolute atomic E-state index is 0.152. The Morgan fingerprint density at radius 1 is 1.43 bits per heavy atom. The van der Waals surface area contributed by atoms with E-state index in [9.17, 15) is 10.2 Å². The molecule has 2 N–H and O–H groups in total. The number of aliphatic hydroxyl groups is 2. The van der Waals surface area contributed by atoms with Gasteiger partial charge in [-0.1, -0.05) is 0 Å². The molecule has 2 fully saturated rings. The molecule has 0 aromatic carbocycles. The summed E-state index contributed by atoms with van der Waals surface area (Å²) in [7, 11) is 0.